The molecule has 1 aromatic rings. The maximum atomic E-state index is 12.2. The maximum absolute atomic E-state index is 12.2. The van der Waals surface area contributed by atoms with Crippen molar-refractivity contribution in [2.45, 2.75) is 57.4 Å². The number of piperidine rings is 1. The van der Waals surface area contributed by atoms with Crippen molar-refractivity contribution in [1.29, 1.82) is 0 Å². The molecular formula is C13H21N3O3S. The average molecular weight is 299 g/mol. The second kappa shape index (κ2) is 5.44. The first kappa shape index (κ1) is 14.0. The fourth-order valence-electron chi connectivity index (χ4n) is 2.85. The summed E-state index contributed by atoms with van der Waals surface area (Å²) >= 11 is 0. The summed E-state index contributed by atoms with van der Waals surface area (Å²) < 4.78 is 31.7. The summed E-state index contributed by atoms with van der Waals surface area (Å²) in [5, 5.41) is 8.24. The van der Waals surface area contributed by atoms with Crippen molar-refractivity contribution < 1.29 is 12.8 Å². The van der Waals surface area contributed by atoms with Gasteiger partial charge in [0.15, 0.2) is 0 Å². The maximum Gasteiger partial charge on any atom is 0.234 e. The minimum Gasteiger partial charge on any atom is -0.423 e. The Kier molecular flexibility index (Phi) is 3.81. The van der Waals surface area contributed by atoms with Gasteiger partial charge >= 0.3 is 0 Å². The fourth-order valence-corrected chi connectivity index (χ4v) is 4.17. The molecule has 1 atom stereocenters. The SMILES string of the molecule is CCS(=O)(=O)N1CCCC[C@H]1c1nnc(C2CCC2)o1. The van der Waals surface area contributed by atoms with Gasteiger partial charge in [-0.15, -0.1) is 10.2 Å². The van der Waals surface area contributed by atoms with Crippen molar-refractivity contribution >= 4 is 10.0 Å². The lowest BCUT2D eigenvalue weighted by atomic mass is 9.85. The summed E-state index contributed by atoms with van der Waals surface area (Å²) in [7, 11) is -3.22. The van der Waals surface area contributed by atoms with Crippen LogP contribution in [-0.4, -0.2) is 35.2 Å². The lowest BCUT2D eigenvalue weighted by molar-refractivity contribution is 0.210. The van der Waals surface area contributed by atoms with Gasteiger partial charge in [0.05, 0.1) is 5.75 Å². The minimum absolute atomic E-state index is 0.118. The van der Waals surface area contributed by atoms with Crippen LogP contribution in [0.15, 0.2) is 4.42 Å². The molecule has 0 aromatic carbocycles. The predicted octanol–water partition coefficient (Wildman–Crippen LogP) is 2.21. The number of hydrogen-bond acceptors (Lipinski definition) is 5. The number of hydrogen-bond donors (Lipinski definition) is 0. The van der Waals surface area contributed by atoms with Crippen LogP contribution in [0, 0.1) is 0 Å². The molecule has 112 valence electrons. The van der Waals surface area contributed by atoms with Crippen LogP contribution in [0.5, 0.6) is 0 Å². The molecule has 1 aliphatic carbocycles. The van der Waals surface area contributed by atoms with Crippen LogP contribution < -0.4 is 0 Å². The predicted molar refractivity (Wildman–Crippen MR) is 73.6 cm³/mol. The van der Waals surface area contributed by atoms with Gasteiger partial charge in [0, 0.05) is 12.5 Å². The zero-order valence-corrected chi connectivity index (χ0v) is 12.6. The molecule has 1 saturated heterocycles. The standard InChI is InChI=1S/C13H21N3O3S/c1-2-20(17,18)16-9-4-3-8-11(16)13-15-14-12(19-13)10-6-5-7-10/h10-11H,2-9H2,1H3/t11-/m0/s1. The highest BCUT2D eigenvalue weighted by molar-refractivity contribution is 7.89. The highest BCUT2D eigenvalue weighted by Gasteiger charge is 2.36. The Hall–Kier alpha value is -0.950. The summed E-state index contributed by atoms with van der Waals surface area (Å²) in [5.41, 5.74) is 0. The molecular weight excluding hydrogens is 278 g/mol. The van der Waals surface area contributed by atoms with E-state index in [1.807, 2.05) is 0 Å². The minimum atomic E-state index is -3.22. The summed E-state index contributed by atoms with van der Waals surface area (Å²) in [6.07, 6.45) is 6.08. The summed E-state index contributed by atoms with van der Waals surface area (Å²) in [6, 6.07) is -0.268. The Balaban J connectivity index is 1.84. The van der Waals surface area contributed by atoms with E-state index in [2.05, 4.69) is 10.2 Å². The normalized spacial score (nSPS) is 25.6. The van der Waals surface area contributed by atoms with Gasteiger partial charge in [0.1, 0.15) is 6.04 Å². The van der Waals surface area contributed by atoms with E-state index in [4.69, 9.17) is 4.42 Å². The molecule has 0 radical (unpaired) electrons. The van der Waals surface area contributed by atoms with E-state index in [0.717, 1.165) is 32.1 Å². The third-order valence-electron chi connectivity index (χ3n) is 4.37. The Morgan fingerprint density at radius 3 is 2.55 bits per heavy atom. The quantitative estimate of drug-likeness (QED) is 0.852. The van der Waals surface area contributed by atoms with E-state index in [9.17, 15) is 8.42 Å². The molecule has 0 spiro atoms. The van der Waals surface area contributed by atoms with Gasteiger partial charge in [0.25, 0.3) is 0 Å². The topological polar surface area (TPSA) is 76.3 Å². The average Bonchev–Trinajstić information content (AvgIpc) is 2.86. The van der Waals surface area contributed by atoms with E-state index >= 15 is 0 Å². The monoisotopic (exact) mass is 299 g/mol. The molecule has 1 aliphatic heterocycles. The lowest BCUT2D eigenvalue weighted by Crippen LogP contribution is -2.39. The van der Waals surface area contributed by atoms with E-state index in [1.54, 1.807) is 11.2 Å². The van der Waals surface area contributed by atoms with Crippen LogP contribution in [0.2, 0.25) is 0 Å². The van der Waals surface area contributed by atoms with Gasteiger partial charge in [-0.1, -0.05) is 12.8 Å². The molecule has 0 amide bonds. The van der Waals surface area contributed by atoms with Gasteiger partial charge < -0.3 is 4.42 Å². The van der Waals surface area contributed by atoms with Gasteiger partial charge in [-0.3, -0.25) is 0 Å². The van der Waals surface area contributed by atoms with Crippen molar-refractivity contribution in [1.82, 2.24) is 14.5 Å². The molecule has 1 aromatic heterocycles. The highest BCUT2D eigenvalue weighted by atomic mass is 32.2. The van der Waals surface area contributed by atoms with Crippen molar-refractivity contribution in [3.05, 3.63) is 11.8 Å². The lowest BCUT2D eigenvalue weighted by Gasteiger charge is -2.32. The molecule has 0 bridgehead atoms. The van der Waals surface area contributed by atoms with Gasteiger partial charge in [-0.2, -0.15) is 4.31 Å². The zero-order valence-electron chi connectivity index (χ0n) is 11.8. The number of nitrogens with zero attached hydrogens (tertiary/aromatic N) is 3. The Morgan fingerprint density at radius 1 is 1.15 bits per heavy atom. The largest absolute Gasteiger partial charge is 0.423 e. The van der Waals surface area contributed by atoms with E-state index in [0.29, 0.717) is 24.2 Å². The van der Waals surface area contributed by atoms with Crippen LogP contribution in [0.25, 0.3) is 0 Å². The number of sulfonamides is 1. The first-order chi connectivity index (χ1) is 9.62. The highest BCUT2D eigenvalue weighted by Crippen LogP contribution is 2.38. The van der Waals surface area contributed by atoms with Crippen molar-refractivity contribution in [2.24, 2.45) is 0 Å². The van der Waals surface area contributed by atoms with Gasteiger partial charge in [-0.05, 0) is 32.6 Å². The van der Waals surface area contributed by atoms with Crippen LogP contribution >= 0.6 is 0 Å². The van der Waals surface area contributed by atoms with Gasteiger partial charge in [0.2, 0.25) is 21.8 Å². The number of rotatable bonds is 4. The summed E-state index contributed by atoms with van der Waals surface area (Å²) in [5.74, 6) is 1.66. The molecule has 6 nitrogen and oxygen atoms in total. The molecule has 0 unspecified atom stereocenters. The molecule has 20 heavy (non-hydrogen) atoms. The van der Waals surface area contributed by atoms with Crippen molar-refractivity contribution in [2.75, 3.05) is 12.3 Å². The molecule has 2 aliphatic rings. The molecule has 2 heterocycles. The van der Waals surface area contributed by atoms with Crippen LogP contribution in [0.3, 0.4) is 0 Å². The molecule has 3 rings (SSSR count). The number of aromatic nitrogens is 2. The summed E-state index contributed by atoms with van der Waals surface area (Å²) in [6.45, 7) is 2.23. The Morgan fingerprint density at radius 2 is 1.90 bits per heavy atom. The van der Waals surface area contributed by atoms with E-state index < -0.39 is 10.0 Å². The van der Waals surface area contributed by atoms with Crippen LogP contribution in [0.4, 0.5) is 0 Å². The Labute approximate surface area is 119 Å². The first-order valence-corrected chi connectivity index (χ1v) is 9.05. The molecule has 2 fully saturated rings. The molecule has 0 N–H and O–H groups in total. The second-order valence-electron chi connectivity index (χ2n) is 5.63. The first-order valence-electron chi connectivity index (χ1n) is 7.44. The third kappa shape index (κ3) is 2.48. The van der Waals surface area contributed by atoms with Crippen LogP contribution in [0.1, 0.15) is 69.2 Å². The molecule has 7 heteroatoms. The fraction of sp³-hybridized carbons (Fsp3) is 0.846. The van der Waals surface area contributed by atoms with Gasteiger partial charge in [-0.25, -0.2) is 8.42 Å². The Bertz CT molecular complexity index is 565. The van der Waals surface area contributed by atoms with Crippen molar-refractivity contribution in [3.63, 3.8) is 0 Å². The van der Waals surface area contributed by atoms with Crippen LogP contribution in [-0.2, 0) is 10.0 Å². The van der Waals surface area contributed by atoms with E-state index in [-0.39, 0.29) is 11.8 Å². The van der Waals surface area contributed by atoms with E-state index in [1.165, 1.54) is 6.42 Å². The smallest absolute Gasteiger partial charge is 0.234 e. The third-order valence-corrected chi connectivity index (χ3v) is 6.25. The van der Waals surface area contributed by atoms with Crippen molar-refractivity contribution in [3.8, 4) is 0 Å². The zero-order chi connectivity index (χ0) is 14.2. The second-order valence-corrected chi connectivity index (χ2v) is 7.84. The summed E-state index contributed by atoms with van der Waals surface area (Å²) in [4.78, 5) is 0. The molecule has 1 saturated carbocycles.